The van der Waals surface area contributed by atoms with Crippen molar-refractivity contribution in [2.45, 2.75) is 26.7 Å². The summed E-state index contributed by atoms with van der Waals surface area (Å²) in [6, 6.07) is 8.63. The molecule has 0 spiro atoms. The van der Waals surface area contributed by atoms with Crippen LogP contribution in [0.1, 0.15) is 32.3 Å². The fraction of sp³-hybridized carbons (Fsp3) is 0.400. The van der Waals surface area contributed by atoms with Crippen LogP contribution in [0.15, 0.2) is 24.3 Å². The summed E-state index contributed by atoms with van der Waals surface area (Å²) in [5.41, 5.74) is 1.02. The minimum Gasteiger partial charge on any atom is -0.347 e. The number of amides is 2. The number of rotatable bonds is 6. The highest BCUT2D eigenvalue weighted by atomic mass is 16.2. The molecule has 1 aromatic rings. The van der Waals surface area contributed by atoms with Crippen molar-refractivity contribution in [1.29, 1.82) is 5.26 Å². The topological polar surface area (TPSA) is 82.0 Å². The van der Waals surface area contributed by atoms with Crippen molar-refractivity contribution in [3.05, 3.63) is 29.8 Å². The number of nitriles is 1. The number of nitrogens with one attached hydrogen (secondary N) is 2. The van der Waals surface area contributed by atoms with E-state index in [9.17, 15) is 9.59 Å². The first-order valence-electron chi connectivity index (χ1n) is 6.68. The van der Waals surface area contributed by atoms with Crippen molar-refractivity contribution in [1.82, 2.24) is 5.32 Å². The van der Waals surface area contributed by atoms with Gasteiger partial charge in [-0.15, -0.1) is 0 Å². The van der Waals surface area contributed by atoms with Gasteiger partial charge >= 0.3 is 0 Å². The molecule has 1 aromatic carbocycles. The van der Waals surface area contributed by atoms with E-state index in [4.69, 9.17) is 5.26 Å². The summed E-state index contributed by atoms with van der Waals surface area (Å²) < 4.78 is 0. The summed E-state index contributed by atoms with van der Waals surface area (Å²) in [6.45, 7) is 3.83. The maximum atomic E-state index is 11.7. The zero-order valence-corrected chi connectivity index (χ0v) is 11.8. The first-order valence-corrected chi connectivity index (χ1v) is 6.68. The van der Waals surface area contributed by atoms with Gasteiger partial charge in [0.15, 0.2) is 0 Å². The molecular formula is C15H19N3O2. The average Bonchev–Trinajstić information content (AvgIpc) is 2.46. The second kappa shape index (κ2) is 7.95. The molecule has 0 aliphatic carbocycles. The molecule has 0 saturated carbocycles. The number of hydrogen-bond acceptors (Lipinski definition) is 3. The van der Waals surface area contributed by atoms with Gasteiger partial charge in [-0.1, -0.05) is 19.9 Å². The van der Waals surface area contributed by atoms with Gasteiger partial charge < -0.3 is 10.6 Å². The average molecular weight is 273 g/mol. The highest BCUT2D eigenvalue weighted by Gasteiger charge is 2.14. The number of benzene rings is 1. The van der Waals surface area contributed by atoms with E-state index >= 15 is 0 Å². The van der Waals surface area contributed by atoms with Crippen molar-refractivity contribution in [2.75, 3.05) is 11.9 Å². The number of anilines is 1. The van der Waals surface area contributed by atoms with Gasteiger partial charge in [-0.2, -0.15) is 5.26 Å². The van der Waals surface area contributed by atoms with E-state index in [2.05, 4.69) is 10.6 Å². The van der Waals surface area contributed by atoms with Crippen molar-refractivity contribution in [2.24, 2.45) is 5.92 Å². The van der Waals surface area contributed by atoms with Crippen LogP contribution in [-0.2, 0) is 9.59 Å². The first kappa shape index (κ1) is 15.7. The predicted molar refractivity (Wildman–Crippen MR) is 76.9 cm³/mol. The highest BCUT2D eigenvalue weighted by molar-refractivity contribution is 5.94. The number of carbonyl (C=O) groups excluding carboxylic acids is 2. The van der Waals surface area contributed by atoms with Crippen molar-refractivity contribution in [3.8, 4) is 6.07 Å². The van der Waals surface area contributed by atoms with Crippen LogP contribution < -0.4 is 10.6 Å². The fourth-order valence-corrected chi connectivity index (χ4v) is 1.84. The quantitative estimate of drug-likeness (QED) is 0.832. The van der Waals surface area contributed by atoms with Gasteiger partial charge in [-0.3, -0.25) is 9.59 Å². The lowest BCUT2D eigenvalue weighted by atomic mass is 10.0. The molecule has 0 aliphatic heterocycles. The van der Waals surface area contributed by atoms with E-state index in [-0.39, 0.29) is 24.3 Å². The summed E-state index contributed by atoms with van der Waals surface area (Å²) >= 11 is 0. The van der Waals surface area contributed by atoms with E-state index in [0.29, 0.717) is 11.3 Å². The SMILES string of the molecule is CCC(CC)C(=O)NCC(=O)Nc1cccc(C#N)c1. The van der Waals surface area contributed by atoms with Crippen LogP contribution in [0.25, 0.3) is 0 Å². The van der Waals surface area contributed by atoms with Crippen molar-refractivity contribution >= 4 is 17.5 Å². The van der Waals surface area contributed by atoms with Crippen LogP contribution in [0.2, 0.25) is 0 Å². The molecule has 2 amide bonds. The molecular weight excluding hydrogens is 254 g/mol. The predicted octanol–water partition coefficient (Wildman–Crippen LogP) is 2.05. The molecule has 1 rings (SSSR count). The van der Waals surface area contributed by atoms with Gasteiger partial charge in [0.25, 0.3) is 0 Å². The summed E-state index contributed by atoms with van der Waals surface area (Å²) in [5, 5.41) is 14.0. The third kappa shape index (κ3) is 4.73. The second-order valence-corrected chi connectivity index (χ2v) is 4.47. The lowest BCUT2D eigenvalue weighted by molar-refractivity contribution is -0.127. The summed E-state index contributed by atoms with van der Waals surface area (Å²) in [4.78, 5) is 23.4. The molecule has 0 radical (unpaired) electrons. The van der Waals surface area contributed by atoms with Crippen LogP contribution in [0, 0.1) is 17.2 Å². The third-order valence-corrected chi connectivity index (χ3v) is 3.05. The lowest BCUT2D eigenvalue weighted by Crippen LogP contribution is -2.36. The molecule has 5 nitrogen and oxygen atoms in total. The van der Waals surface area contributed by atoms with Crippen LogP contribution in [0.3, 0.4) is 0 Å². The van der Waals surface area contributed by atoms with Gasteiger partial charge in [0.1, 0.15) is 0 Å². The zero-order valence-electron chi connectivity index (χ0n) is 11.8. The zero-order chi connectivity index (χ0) is 15.0. The van der Waals surface area contributed by atoms with E-state index in [0.717, 1.165) is 12.8 Å². The molecule has 0 bridgehead atoms. The fourth-order valence-electron chi connectivity index (χ4n) is 1.84. The second-order valence-electron chi connectivity index (χ2n) is 4.47. The molecule has 0 heterocycles. The number of nitrogens with zero attached hydrogens (tertiary/aromatic N) is 1. The Morgan fingerprint density at radius 1 is 1.30 bits per heavy atom. The Balaban J connectivity index is 2.48. The standard InChI is InChI=1S/C15H19N3O2/c1-3-12(4-2)15(20)17-10-14(19)18-13-7-5-6-11(8-13)9-16/h5-8,12H,3-4,10H2,1-2H3,(H,17,20)(H,18,19). The Bertz CT molecular complexity index is 516. The molecule has 2 N–H and O–H groups in total. The third-order valence-electron chi connectivity index (χ3n) is 3.05. The highest BCUT2D eigenvalue weighted by Crippen LogP contribution is 2.09. The van der Waals surface area contributed by atoms with E-state index in [1.807, 2.05) is 19.9 Å². The van der Waals surface area contributed by atoms with Crippen LogP contribution >= 0.6 is 0 Å². The van der Waals surface area contributed by atoms with Crippen LogP contribution in [0.4, 0.5) is 5.69 Å². The van der Waals surface area contributed by atoms with Crippen molar-refractivity contribution < 1.29 is 9.59 Å². The molecule has 106 valence electrons. The molecule has 20 heavy (non-hydrogen) atoms. The maximum Gasteiger partial charge on any atom is 0.243 e. The van der Waals surface area contributed by atoms with Gasteiger partial charge in [0.05, 0.1) is 18.2 Å². The molecule has 0 aromatic heterocycles. The Hall–Kier alpha value is -2.35. The summed E-state index contributed by atoms with van der Waals surface area (Å²) in [6.07, 6.45) is 1.52. The Morgan fingerprint density at radius 2 is 2.00 bits per heavy atom. The maximum absolute atomic E-state index is 11.7. The van der Waals surface area contributed by atoms with E-state index < -0.39 is 0 Å². The van der Waals surface area contributed by atoms with E-state index in [1.54, 1.807) is 24.3 Å². The van der Waals surface area contributed by atoms with E-state index in [1.165, 1.54) is 0 Å². The monoisotopic (exact) mass is 273 g/mol. The Morgan fingerprint density at radius 3 is 2.60 bits per heavy atom. The van der Waals surface area contributed by atoms with Gasteiger partial charge in [-0.05, 0) is 31.0 Å². The molecule has 0 fully saturated rings. The first-order chi connectivity index (χ1) is 9.60. The minimum absolute atomic E-state index is 0.0512. The van der Waals surface area contributed by atoms with Crippen LogP contribution in [0.5, 0.6) is 0 Å². The Labute approximate surface area is 119 Å². The van der Waals surface area contributed by atoms with Crippen molar-refractivity contribution in [3.63, 3.8) is 0 Å². The number of carbonyl (C=O) groups is 2. The molecule has 5 heteroatoms. The molecule has 0 atom stereocenters. The van der Waals surface area contributed by atoms with Gasteiger partial charge in [-0.25, -0.2) is 0 Å². The van der Waals surface area contributed by atoms with Crippen LogP contribution in [-0.4, -0.2) is 18.4 Å². The molecule has 0 unspecified atom stereocenters. The molecule has 0 aliphatic rings. The largest absolute Gasteiger partial charge is 0.347 e. The minimum atomic E-state index is -0.306. The van der Waals surface area contributed by atoms with Gasteiger partial charge in [0, 0.05) is 11.6 Å². The Kier molecular flexibility index (Phi) is 6.24. The summed E-state index contributed by atoms with van der Waals surface area (Å²) in [7, 11) is 0. The smallest absolute Gasteiger partial charge is 0.243 e. The molecule has 0 saturated heterocycles. The van der Waals surface area contributed by atoms with Gasteiger partial charge in [0.2, 0.25) is 11.8 Å². The number of hydrogen-bond donors (Lipinski definition) is 2. The normalized spacial score (nSPS) is 9.90. The lowest BCUT2D eigenvalue weighted by Gasteiger charge is -2.12. The summed E-state index contributed by atoms with van der Waals surface area (Å²) in [5.74, 6) is -0.458.